The van der Waals surface area contributed by atoms with Crippen molar-refractivity contribution in [1.82, 2.24) is 14.3 Å². The number of hydrogen-bond acceptors (Lipinski definition) is 5. The van der Waals surface area contributed by atoms with Crippen molar-refractivity contribution in [2.24, 2.45) is 7.05 Å². The average Bonchev–Trinajstić information content (AvgIpc) is 2.97. The van der Waals surface area contributed by atoms with Gasteiger partial charge >= 0.3 is 0 Å². The van der Waals surface area contributed by atoms with Crippen LogP contribution in [0.3, 0.4) is 0 Å². The van der Waals surface area contributed by atoms with E-state index in [-0.39, 0.29) is 23.6 Å². The highest BCUT2D eigenvalue weighted by molar-refractivity contribution is 7.99. The summed E-state index contributed by atoms with van der Waals surface area (Å²) in [5, 5.41) is 13.0. The van der Waals surface area contributed by atoms with Gasteiger partial charge in [-0.3, -0.25) is 14.3 Å². The molecule has 1 aliphatic carbocycles. The summed E-state index contributed by atoms with van der Waals surface area (Å²) in [6.45, 7) is 1.81. The molecule has 33 heavy (non-hydrogen) atoms. The third-order valence-electron chi connectivity index (χ3n) is 6.02. The molecule has 1 amide bonds. The van der Waals surface area contributed by atoms with Gasteiger partial charge in [0.25, 0.3) is 5.56 Å². The van der Waals surface area contributed by atoms with E-state index in [1.54, 1.807) is 16.4 Å². The van der Waals surface area contributed by atoms with Gasteiger partial charge in [0.05, 0.1) is 16.9 Å². The van der Waals surface area contributed by atoms with Crippen LogP contribution in [0.4, 0.5) is 5.69 Å². The largest absolute Gasteiger partial charge is 0.320 e. The molecule has 4 rings (SSSR count). The Morgan fingerprint density at radius 2 is 1.97 bits per heavy atom. The van der Waals surface area contributed by atoms with Gasteiger partial charge in [-0.15, -0.1) is 11.8 Å². The molecule has 8 heteroatoms. The summed E-state index contributed by atoms with van der Waals surface area (Å²) in [6.07, 6.45) is 5.57. The van der Waals surface area contributed by atoms with Gasteiger partial charge in [-0.1, -0.05) is 24.6 Å². The zero-order valence-corrected chi connectivity index (χ0v) is 19.7. The first-order valence-corrected chi connectivity index (χ1v) is 12.2. The van der Waals surface area contributed by atoms with E-state index in [0.29, 0.717) is 22.0 Å². The van der Waals surface area contributed by atoms with E-state index in [2.05, 4.69) is 11.4 Å². The fourth-order valence-electron chi connectivity index (χ4n) is 4.14. The number of fused-ring (bicyclic) bond motifs is 1. The molecule has 1 aliphatic rings. The second-order valence-corrected chi connectivity index (χ2v) is 9.29. The molecule has 0 saturated carbocycles. The van der Waals surface area contributed by atoms with E-state index < -0.39 is 0 Å². The van der Waals surface area contributed by atoms with Crippen molar-refractivity contribution < 1.29 is 4.79 Å². The number of hydrogen-bond donors (Lipinski definition) is 1. The standard InChI is InChI=1S/C25H27N5O2S/c1-17-23(25(32)30(29(17)2)20-10-6-4-7-11-20)28-22(31)13-14-33-24-19(16-26)15-18-9-5-3-8-12-21(18)27-24/h4,6-7,10-11,15H,3,5,8-9,12-14H2,1-2H3,(H,28,31). The molecule has 7 nitrogen and oxygen atoms in total. The maximum atomic E-state index is 13.0. The number of anilines is 1. The number of carbonyl (C=O) groups excluding carboxylic acids is 1. The lowest BCUT2D eigenvalue weighted by Gasteiger charge is -2.10. The van der Waals surface area contributed by atoms with Crippen molar-refractivity contribution in [1.29, 1.82) is 5.26 Å². The van der Waals surface area contributed by atoms with Gasteiger partial charge in [0.15, 0.2) is 0 Å². The molecule has 0 aliphatic heterocycles. The van der Waals surface area contributed by atoms with Gasteiger partial charge in [-0.2, -0.15) is 5.26 Å². The molecule has 0 bridgehead atoms. The van der Waals surface area contributed by atoms with Crippen molar-refractivity contribution in [3.63, 3.8) is 0 Å². The number of amides is 1. The minimum absolute atomic E-state index is 0.216. The molecule has 1 aromatic carbocycles. The highest BCUT2D eigenvalue weighted by Crippen LogP contribution is 2.27. The molecule has 0 fully saturated rings. The molecule has 2 heterocycles. The van der Waals surface area contributed by atoms with Gasteiger partial charge in [-0.05, 0) is 56.4 Å². The van der Waals surface area contributed by atoms with Crippen LogP contribution >= 0.6 is 11.8 Å². The van der Waals surface area contributed by atoms with Crippen molar-refractivity contribution in [2.75, 3.05) is 11.1 Å². The number of nitrogens with one attached hydrogen (secondary N) is 1. The van der Waals surface area contributed by atoms with E-state index in [1.165, 1.54) is 23.7 Å². The number of benzene rings is 1. The second-order valence-electron chi connectivity index (χ2n) is 8.20. The molecule has 170 valence electrons. The Morgan fingerprint density at radius 3 is 2.73 bits per heavy atom. The number of thioether (sulfide) groups is 1. The zero-order chi connectivity index (χ0) is 23.4. The van der Waals surface area contributed by atoms with Gasteiger partial charge in [0.1, 0.15) is 16.8 Å². The van der Waals surface area contributed by atoms with Gasteiger partial charge in [0.2, 0.25) is 5.91 Å². The molecular formula is C25H27N5O2S. The number of carbonyl (C=O) groups is 1. The number of aromatic nitrogens is 3. The van der Waals surface area contributed by atoms with E-state index in [4.69, 9.17) is 4.98 Å². The fourth-order valence-corrected chi connectivity index (χ4v) is 5.05. The summed E-state index contributed by atoms with van der Waals surface area (Å²) >= 11 is 1.42. The Hall–Kier alpha value is -3.31. The van der Waals surface area contributed by atoms with E-state index in [9.17, 15) is 14.9 Å². The van der Waals surface area contributed by atoms with E-state index in [1.807, 2.05) is 43.3 Å². The van der Waals surface area contributed by atoms with Gasteiger partial charge in [-0.25, -0.2) is 9.67 Å². The Bertz CT molecular complexity index is 1270. The maximum Gasteiger partial charge on any atom is 0.295 e. The third-order valence-corrected chi connectivity index (χ3v) is 7.02. The molecule has 0 radical (unpaired) electrons. The van der Waals surface area contributed by atoms with Gasteiger partial charge < -0.3 is 5.32 Å². The molecule has 1 N–H and O–H groups in total. The number of pyridine rings is 1. The Balaban J connectivity index is 1.44. The number of nitriles is 1. The summed E-state index contributed by atoms with van der Waals surface area (Å²) in [6, 6.07) is 13.5. The SMILES string of the molecule is Cc1c(NC(=O)CCSc2nc3c(cc2C#N)CCCCC3)c(=O)n(-c2ccccc2)n1C. The first kappa shape index (κ1) is 22.9. The lowest BCUT2D eigenvalue weighted by Crippen LogP contribution is -2.23. The fraction of sp³-hybridized carbons (Fsp3) is 0.360. The van der Waals surface area contributed by atoms with Crippen LogP contribution in [0.15, 0.2) is 46.2 Å². The number of aryl methyl sites for hydroxylation is 2. The maximum absolute atomic E-state index is 13.0. The highest BCUT2D eigenvalue weighted by atomic mass is 32.2. The van der Waals surface area contributed by atoms with Crippen molar-refractivity contribution in [3.05, 3.63) is 69.3 Å². The summed E-state index contributed by atoms with van der Waals surface area (Å²) in [7, 11) is 1.79. The molecule has 3 aromatic rings. The van der Waals surface area contributed by atoms with Crippen LogP contribution in [0, 0.1) is 18.3 Å². The number of nitrogens with zero attached hydrogens (tertiary/aromatic N) is 4. The zero-order valence-electron chi connectivity index (χ0n) is 18.9. The van der Waals surface area contributed by atoms with Crippen LogP contribution in [0.1, 0.15) is 48.2 Å². The first-order chi connectivity index (χ1) is 16.0. The average molecular weight is 462 g/mol. The molecule has 0 saturated heterocycles. The smallest absolute Gasteiger partial charge is 0.295 e. The summed E-state index contributed by atoms with van der Waals surface area (Å²) < 4.78 is 3.28. The summed E-state index contributed by atoms with van der Waals surface area (Å²) in [5.41, 5.74) is 4.29. The van der Waals surface area contributed by atoms with Crippen molar-refractivity contribution in [2.45, 2.75) is 50.5 Å². The highest BCUT2D eigenvalue weighted by Gasteiger charge is 2.19. The Morgan fingerprint density at radius 1 is 1.21 bits per heavy atom. The van der Waals surface area contributed by atoms with Gasteiger partial charge in [0, 0.05) is 24.9 Å². The molecule has 0 spiro atoms. The molecule has 2 aromatic heterocycles. The normalized spacial score (nSPS) is 13.1. The second kappa shape index (κ2) is 10.1. The molecule has 0 atom stereocenters. The van der Waals surface area contributed by atoms with Crippen LogP contribution in [-0.4, -0.2) is 26.0 Å². The summed E-state index contributed by atoms with van der Waals surface area (Å²) in [4.78, 5) is 30.3. The quantitative estimate of drug-likeness (QED) is 0.440. The lowest BCUT2D eigenvalue weighted by molar-refractivity contribution is -0.115. The Labute approximate surface area is 197 Å². The topological polar surface area (TPSA) is 92.7 Å². The minimum Gasteiger partial charge on any atom is -0.320 e. The summed E-state index contributed by atoms with van der Waals surface area (Å²) in [5.74, 6) is 0.243. The van der Waals surface area contributed by atoms with Crippen LogP contribution < -0.4 is 10.9 Å². The van der Waals surface area contributed by atoms with Crippen molar-refractivity contribution in [3.8, 4) is 11.8 Å². The predicted octanol–water partition coefficient (Wildman–Crippen LogP) is 4.14. The number of rotatable bonds is 6. The minimum atomic E-state index is -0.263. The van der Waals surface area contributed by atoms with Crippen LogP contribution in [0.2, 0.25) is 0 Å². The monoisotopic (exact) mass is 461 g/mol. The Kier molecular flexibility index (Phi) is 6.99. The lowest BCUT2D eigenvalue weighted by atomic mass is 10.1. The molecular weight excluding hydrogens is 434 g/mol. The van der Waals surface area contributed by atoms with Crippen LogP contribution in [0.5, 0.6) is 0 Å². The van der Waals surface area contributed by atoms with E-state index in [0.717, 1.165) is 37.1 Å². The first-order valence-electron chi connectivity index (χ1n) is 11.2. The number of para-hydroxylation sites is 1. The van der Waals surface area contributed by atoms with Crippen LogP contribution in [-0.2, 0) is 24.7 Å². The van der Waals surface area contributed by atoms with E-state index >= 15 is 0 Å². The van der Waals surface area contributed by atoms with Crippen LogP contribution in [0.25, 0.3) is 5.69 Å². The third kappa shape index (κ3) is 4.88. The van der Waals surface area contributed by atoms with Crippen molar-refractivity contribution >= 4 is 23.4 Å². The molecule has 0 unspecified atom stereocenters. The predicted molar refractivity (Wildman–Crippen MR) is 130 cm³/mol.